The van der Waals surface area contributed by atoms with Gasteiger partial charge in [-0.3, -0.25) is 0 Å². The Hall–Kier alpha value is -0.120. The van der Waals surface area contributed by atoms with Gasteiger partial charge in [0.05, 0.1) is 12.7 Å². The molecule has 0 amide bonds. The number of nitrogens with two attached hydrogens (primary N) is 1. The van der Waals surface area contributed by atoms with Crippen molar-refractivity contribution in [3.05, 3.63) is 0 Å². The standard InChI is InChI=1S/C10H21NO2/c1-9(12-2)6-10(7-11)4-3-5-13-8-10/h9H,3-8,11H2,1-2H3. The van der Waals surface area contributed by atoms with Gasteiger partial charge >= 0.3 is 0 Å². The first-order valence-electron chi connectivity index (χ1n) is 5.03. The van der Waals surface area contributed by atoms with Crippen molar-refractivity contribution >= 4 is 0 Å². The van der Waals surface area contributed by atoms with Gasteiger partial charge in [-0.25, -0.2) is 0 Å². The molecule has 3 heteroatoms. The lowest BCUT2D eigenvalue weighted by molar-refractivity contribution is -0.0346. The van der Waals surface area contributed by atoms with Crippen molar-refractivity contribution in [2.75, 3.05) is 26.9 Å². The average Bonchev–Trinajstić information content (AvgIpc) is 2.19. The van der Waals surface area contributed by atoms with Crippen molar-refractivity contribution < 1.29 is 9.47 Å². The summed E-state index contributed by atoms with van der Waals surface area (Å²) in [7, 11) is 1.75. The van der Waals surface area contributed by atoms with Crippen LogP contribution < -0.4 is 5.73 Å². The first kappa shape index (κ1) is 11.0. The highest BCUT2D eigenvalue weighted by atomic mass is 16.5. The van der Waals surface area contributed by atoms with Crippen molar-refractivity contribution in [2.24, 2.45) is 11.1 Å². The van der Waals surface area contributed by atoms with Crippen molar-refractivity contribution in [3.63, 3.8) is 0 Å². The second kappa shape index (κ2) is 4.94. The summed E-state index contributed by atoms with van der Waals surface area (Å²) in [5, 5.41) is 0. The SMILES string of the molecule is COC(C)CC1(CN)CCCOC1. The highest BCUT2D eigenvalue weighted by molar-refractivity contribution is 4.84. The van der Waals surface area contributed by atoms with E-state index >= 15 is 0 Å². The lowest BCUT2D eigenvalue weighted by Gasteiger charge is -2.37. The maximum atomic E-state index is 5.81. The van der Waals surface area contributed by atoms with Crippen molar-refractivity contribution in [3.8, 4) is 0 Å². The van der Waals surface area contributed by atoms with Gasteiger partial charge in [-0.15, -0.1) is 0 Å². The second-order valence-corrected chi connectivity index (χ2v) is 4.11. The van der Waals surface area contributed by atoms with Gasteiger partial charge in [-0.05, 0) is 26.2 Å². The molecular weight excluding hydrogens is 166 g/mol. The molecule has 1 rings (SSSR count). The summed E-state index contributed by atoms with van der Waals surface area (Å²) < 4.78 is 10.8. The molecule has 78 valence electrons. The zero-order valence-corrected chi connectivity index (χ0v) is 8.71. The smallest absolute Gasteiger partial charge is 0.0549 e. The molecule has 1 aliphatic heterocycles. The van der Waals surface area contributed by atoms with Crippen LogP contribution in [0.5, 0.6) is 0 Å². The molecule has 0 spiro atoms. The molecule has 0 aromatic carbocycles. The van der Waals surface area contributed by atoms with Gasteiger partial charge in [0, 0.05) is 25.7 Å². The van der Waals surface area contributed by atoms with E-state index in [2.05, 4.69) is 6.92 Å². The van der Waals surface area contributed by atoms with E-state index in [1.807, 2.05) is 0 Å². The lowest BCUT2D eigenvalue weighted by Crippen LogP contribution is -2.41. The molecule has 1 saturated heterocycles. The molecule has 0 saturated carbocycles. The van der Waals surface area contributed by atoms with E-state index in [1.165, 1.54) is 6.42 Å². The van der Waals surface area contributed by atoms with Crippen LogP contribution >= 0.6 is 0 Å². The van der Waals surface area contributed by atoms with Crippen LogP contribution in [0.4, 0.5) is 0 Å². The normalized spacial score (nSPS) is 31.6. The minimum absolute atomic E-state index is 0.174. The fourth-order valence-electron chi connectivity index (χ4n) is 2.01. The van der Waals surface area contributed by atoms with Gasteiger partial charge in [-0.1, -0.05) is 0 Å². The van der Waals surface area contributed by atoms with E-state index in [-0.39, 0.29) is 11.5 Å². The molecule has 2 N–H and O–H groups in total. The third kappa shape index (κ3) is 2.93. The van der Waals surface area contributed by atoms with Gasteiger partial charge in [0.25, 0.3) is 0 Å². The molecule has 2 unspecified atom stereocenters. The summed E-state index contributed by atoms with van der Waals surface area (Å²) in [5.74, 6) is 0. The average molecular weight is 187 g/mol. The zero-order valence-electron chi connectivity index (χ0n) is 8.71. The number of rotatable bonds is 4. The van der Waals surface area contributed by atoms with Gasteiger partial charge in [0.2, 0.25) is 0 Å². The number of hydrogen-bond acceptors (Lipinski definition) is 3. The number of ether oxygens (including phenoxy) is 2. The first-order chi connectivity index (χ1) is 6.22. The summed E-state index contributed by atoms with van der Waals surface area (Å²) in [4.78, 5) is 0. The molecular formula is C10H21NO2. The number of methoxy groups -OCH3 is 1. The van der Waals surface area contributed by atoms with Gasteiger partial charge in [-0.2, -0.15) is 0 Å². The topological polar surface area (TPSA) is 44.5 Å². The van der Waals surface area contributed by atoms with Gasteiger partial charge in [0.15, 0.2) is 0 Å². The van der Waals surface area contributed by atoms with Crippen LogP contribution in [0.1, 0.15) is 26.2 Å². The Balaban J connectivity index is 2.47. The maximum absolute atomic E-state index is 5.81. The molecule has 0 aliphatic carbocycles. The van der Waals surface area contributed by atoms with E-state index in [0.717, 1.165) is 26.1 Å². The fraction of sp³-hybridized carbons (Fsp3) is 1.00. The van der Waals surface area contributed by atoms with Crippen molar-refractivity contribution in [1.29, 1.82) is 0 Å². The maximum Gasteiger partial charge on any atom is 0.0549 e. The third-order valence-corrected chi connectivity index (χ3v) is 2.96. The van der Waals surface area contributed by atoms with Crippen LogP contribution in [0.2, 0.25) is 0 Å². The molecule has 0 bridgehead atoms. The molecule has 0 aromatic rings. The van der Waals surface area contributed by atoms with E-state index < -0.39 is 0 Å². The predicted octanol–water partition coefficient (Wildman–Crippen LogP) is 1.17. The Bertz CT molecular complexity index is 144. The second-order valence-electron chi connectivity index (χ2n) is 4.11. The summed E-state index contributed by atoms with van der Waals surface area (Å²) in [6, 6.07) is 0. The highest BCUT2D eigenvalue weighted by Crippen LogP contribution is 2.32. The fourth-order valence-corrected chi connectivity index (χ4v) is 2.01. The van der Waals surface area contributed by atoms with Crippen molar-refractivity contribution in [1.82, 2.24) is 0 Å². The molecule has 3 nitrogen and oxygen atoms in total. The summed E-state index contributed by atoms with van der Waals surface area (Å²) in [5.41, 5.74) is 5.98. The van der Waals surface area contributed by atoms with Gasteiger partial charge in [0.1, 0.15) is 0 Å². The molecule has 1 aliphatic rings. The Kier molecular flexibility index (Phi) is 4.16. The molecule has 2 atom stereocenters. The van der Waals surface area contributed by atoms with E-state index in [1.54, 1.807) is 7.11 Å². The largest absolute Gasteiger partial charge is 0.382 e. The minimum atomic E-state index is 0.174. The quantitative estimate of drug-likeness (QED) is 0.718. The Morgan fingerprint density at radius 3 is 2.85 bits per heavy atom. The zero-order chi connectivity index (χ0) is 9.73. The molecule has 1 heterocycles. The predicted molar refractivity (Wildman–Crippen MR) is 52.6 cm³/mol. The Morgan fingerprint density at radius 2 is 2.38 bits per heavy atom. The van der Waals surface area contributed by atoms with Crippen LogP contribution in [0.3, 0.4) is 0 Å². The number of hydrogen-bond donors (Lipinski definition) is 1. The Labute approximate surface area is 80.6 Å². The van der Waals surface area contributed by atoms with Crippen LogP contribution in [-0.2, 0) is 9.47 Å². The third-order valence-electron chi connectivity index (χ3n) is 2.96. The monoisotopic (exact) mass is 187 g/mol. The minimum Gasteiger partial charge on any atom is -0.382 e. The summed E-state index contributed by atoms with van der Waals surface area (Å²) >= 11 is 0. The highest BCUT2D eigenvalue weighted by Gasteiger charge is 2.32. The molecule has 0 aromatic heterocycles. The molecule has 13 heavy (non-hydrogen) atoms. The van der Waals surface area contributed by atoms with E-state index in [0.29, 0.717) is 6.54 Å². The molecule has 0 radical (unpaired) electrons. The Morgan fingerprint density at radius 1 is 1.62 bits per heavy atom. The summed E-state index contributed by atoms with van der Waals surface area (Å²) in [6.07, 6.45) is 3.61. The van der Waals surface area contributed by atoms with Crippen LogP contribution in [0.15, 0.2) is 0 Å². The van der Waals surface area contributed by atoms with Crippen LogP contribution in [-0.4, -0.2) is 33.0 Å². The van der Waals surface area contributed by atoms with E-state index in [9.17, 15) is 0 Å². The van der Waals surface area contributed by atoms with E-state index in [4.69, 9.17) is 15.2 Å². The van der Waals surface area contributed by atoms with Crippen LogP contribution in [0.25, 0.3) is 0 Å². The van der Waals surface area contributed by atoms with Crippen molar-refractivity contribution in [2.45, 2.75) is 32.3 Å². The van der Waals surface area contributed by atoms with Crippen LogP contribution in [0, 0.1) is 5.41 Å². The first-order valence-corrected chi connectivity index (χ1v) is 5.03. The lowest BCUT2D eigenvalue weighted by atomic mass is 9.78. The molecule has 1 fully saturated rings. The summed E-state index contributed by atoms with van der Waals surface area (Å²) in [6.45, 7) is 4.49. The van der Waals surface area contributed by atoms with Gasteiger partial charge < -0.3 is 15.2 Å².